The first-order chi connectivity index (χ1) is 15.3. The molecular formula is C21H22ClN3O6S. The second kappa shape index (κ2) is 9.07. The van der Waals surface area contributed by atoms with Crippen molar-refractivity contribution in [3.63, 3.8) is 0 Å². The summed E-state index contributed by atoms with van der Waals surface area (Å²) in [6.45, 7) is 2.81. The number of nitrogens with zero attached hydrogens (tertiary/aromatic N) is 1. The van der Waals surface area contributed by atoms with Crippen molar-refractivity contribution in [3.05, 3.63) is 52.5 Å². The van der Waals surface area contributed by atoms with Gasteiger partial charge in [0.2, 0.25) is 10.0 Å². The van der Waals surface area contributed by atoms with Gasteiger partial charge in [-0.3, -0.25) is 9.59 Å². The first-order valence-electron chi connectivity index (χ1n) is 10.0. The highest BCUT2D eigenvalue weighted by Crippen LogP contribution is 2.31. The largest absolute Gasteiger partial charge is 0.482 e. The number of hydrogen-bond acceptors (Lipinski definition) is 6. The van der Waals surface area contributed by atoms with Crippen LogP contribution in [0.3, 0.4) is 0 Å². The smallest absolute Gasteiger partial charge is 0.262 e. The zero-order valence-corrected chi connectivity index (χ0v) is 18.8. The molecule has 1 unspecified atom stereocenters. The van der Waals surface area contributed by atoms with E-state index in [-0.39, 0.29) is 41.1 Å². The molecule has 0 bridgehead atoms. The van der Waals surface area contributed by atoms with Gasteiger partial charge in [0.1, 0.15) is 10.6 Å². The molecular weight excluding hydrogens is 458 g/mol. The monoisotopic (exact) mass is 479 g/mol. The predicted octanol–water partition coefficient (Wildman–Crippen LogP) is 2.18. The number of halogens is 1. The Morgan fingerprint density at radius 2 is 1.94 bits per heavy atom. The standard InChI is InChI=1S/C21H22ClN3O6S/c1-13(14-3-5-18-17(10-14)24-20(26)12-31-18)23-21(27)15-2-4-16(22)19(11-15)32(28,29)25-6-8-30-9-7-25/h2-5,10-11,13H,6-9,12H2,1H3,(H,23,27)(H,24,26). The number of carbonyl (C=O) groups is 2. The fourth-order valence-corrected chi connectivity index (χ4v) is 5.41. The molecule has 0 spiro atoms. The predicted molar refractivity (Wildman–Crippen MR) is 117 cm³/mol. The van der Waals surface area contributed by atoms with Crippen LogP contribution in [0, 0.1) is 0 Å². The summed E-state index contributed by atoms with van der Waals surface area (Å²) >= 11 is 6.17. The van der Waals surface area contributed by atoms with Crippen molar-refractivity contribution >= 4 is 39.1 Å². The zero-order valence-electron chi connectivity index (χ0n) is 17.3. The molecule has 9 nitrogen and oxygen atoms in total. The molecule has 11 heteroatoms. The summed E-state index contributed by atoms with van der Waals surface area (Å²) in [5.74, 6) is -0.144. The molecule has 1 fully saturated rings. The molecule has 2 aliphatic heterocycles. The first-order valence-corrected chi connectivity index (χ1v) is 11.8. The summed E-state index contributed by atoms with van der Waals surface area (Å²) in [4.78, 5) is 24.3. The Morgan fingerprint density at radius 1 is 1.19 bits per heavy atom. The number of anilines is 1. The van der Waals surface area contributed by atoms with E-state index in [1.54, 1.807) is 25.1 Å². The lowest BCUT2D eigenvalue weighted by atomic mass is 10.1. The van der Waals surface area contributed by atoms with Crippen molar-refractivity contribution in [1.82, 2.24) is 9.62 Å². The van der Waals surface area contributed by atoms with E-state index in [9.17, 15) is 18.0 Å². The Kier molecular flexibility index (Phi) is 6.38. The Hall–Kier alpha value is -2.66. The third kappa shape index (κ3) is 4.58. The normalized spacial score (nSPS) is 17.6. The number of hydrogen-bond donors (Lipinski definition) is 2. The van der Waals surface area contributed by atoms with Gasteiger partial charge in [-0.25, -0.2) is 8.42 Å². The number of morpholine rings is 1. The molecule has 0 aromatic heterocycles. The number of rotatable bonds is 5. The van der Waals surface area contributed by atoms with Crippen LogP contribution in [-0.4, -0.2) is 57.4 Å². The maximum Gasteiger partial charge on any atom is 0.262 e. The molecule has 0 saturated carbocycles. The number of amides is 2. The number of benzene rings is 2. The minimum atomic E-state index is -3.86. The number of carbonyl (C=O) groups excluding carboxylic acids is 2. The molecule has 2 heterocycles. The van der Waals surface area contributed by atoms with Crippen LogP contribution in [0.25, 0.3) is 0 Å². The lowest BCUT2D eigenvalue weighted by Crippen LogP contribution is -2.40. The number of sulfonamides is 1. The zero-order chi connectivity index (χ0) is 22.9. The lowest BCUT2D eigenvalue weighted by molar-refractivity contribution is -0.118. The van der Waals surface area contributed by atoms with Crippen molar-refractivity contribution in [2.75, 3.05) is 38.2 Å². The van der Waals surface area contributed by atoms with Crippen molar-refractivity contribution in [2.45, 2.75) is 17.9 Å². The van der Waals surface area contributed by atoms with Gasteiger partial charge in [0.05, 0.1) is 30.0 Å². The number of ether oxygens (including phenoxy) is 2. The van der Waals surface area contributed by atoms with Crippen molar-refractivity contribution in [2.24, 2.45) is 0 Å². The van der Waals surface area contributed by atoms with E-state index in [2.05, 4.69) is 10.6 Å². The molecule has 170 valence electrons. The molecule has 2 aromatic carbocycles. The van der Waals surface area contributed by atoms with Gasteiger partial charge in [-0.1, -0.05) is 17.7 Å². The Morgan fingerprint density at radius 3 is 2.69 bits per heavy atom. The molecule has 0 radical (unpaired) electrons. The summed E-state index contributed by atoms with van der Waals surface area (Å²) in [5.41, 5.74) is 1.45. The third-order valence-corrected chi connectivity index (χ3v) is 7.65. The fourth-order valence-electron chi connectivity index (χ4n) is 3.50. The van der Waals surface area contributed by atoms with Gasteiger partial charge >= 0.3 is 0 Å². The highest BCUT2D eigenvalue weighted by Gasteiger charge is 2.29. The topological polar surface area (TPSA) is 114 Å². The van der Waals surface area contributed by atoms with Crippen LogP contribution in [0.5, 0.6) is 5.75 Å². The molecule has 32 heavy (non-hydrogen) atoms. The van der Waals surface area contributed by atoms with Gasteiger partial charge in [-0.05, 0) is 42.8 Å². The third-order valence-electron chi connectivity index (χ3n) is 5.27. The van der Waals surface area contributed by atoms with E-state index in [0.717, 1.165) is 5.56 Å². The SMILES string of the molecule is CC(NC(=O)c1ccc(Cl)c(S(=O)(=O)N2CCOCC2)c1)c1ccc2c(c1)NC(=O)CO2. The van der Waals surface area contributed by atoms with E-state index in [0.29, 0.717) is 24.7 Å². The van der Waals surface area contributed by atoms with Crippen LogP contribution < -0.4 is 15.4 Å². The molecule has 2 N–H and O–H groups in total. The summed E-state index contributed by atoms with van der Waals surface area (Å²) in [6, 6.07) is 8.99. The van der Waals surface area contributed by atoms with Crippen molar-refractivity contribution in [1.29, 1.82) is 0 Å². The van der Waals surface area contributed by atoms with Crippen LogP contribution in [0.4, 0.5) is 5.69 Å². The minimum absolute atomic E-state index is 0.0368. The van der Waals surface area contributed by atoms with Gasteiger partial charge in [-0.2, -0.15) is 4.31 Å². The molecule has 1 saturated heterocycles. The lowest BCUT2D eigenvalue weighted by Gasteiger charge is -2.26. The van der Waals surface area contributed by atoms with Crippen LogP contribution in [0.1, 0.15) is 28.9 Å². The van der Waals surface area contributed by atoms with Gasteiger partial charge in [0.15, 0.2) is 6.61 Å². The average Bonchev–Trinajstić information content (AvgIpc) is 2.79. The van der Waals surface area contributed by atoms with Gasteiger partial charge < -0.3 is 20.1 Å². The summed E-state index contributed by atoms with van der Waals surface area (Å²) in [5, 5.41) is 5.62. The molecule has 1 atom stereocenters. The van der Waals surface area contributed by atoms with E-state index in [4.69, 9.17) is 21.1 Å². The van der Waals surface area contributed by atoms with Gasteiger partial charge in [0, 0.05) is 18.7 Å². The van der Waals surface area contributed by atoms with E-state index >= 15 is 0 Å². The fraction of sp³-hybridized carbons (Fsp3) is 0.333. The minimum Gasteiger partial charge on any atom is -0.482 e. The number of nitrogens with one attached hydrogen (secondary N) is 2. The van der Waals surface area contributed by atoms with Crippen LogP contribution in [0.2, 0.25) is 5.02 Å². The van der Waals surface area contributed by atoms with E-state index < -0.39 is 22.0 Å². The highest BCUT2D eigenvalue weighted by molar-refractivity contribution is 7.89. The second-order valence-corrected chi connectivity index (χ2v) is 9.76. The first kappa shape index (κ1) is 22.5. The Balaban J connectivity index is 1.53. The molecule has 4 rings (SSSR count). The maximum atomic E-state index is 13.0. The Bertz CT molecular complexity index is 1160. The second-order valence-electron chi connectivity index (χ2n) is 7.45. The molecule has 2 aromatic rings. The van der Waals surface area contributed by atoms with Crippen LogP contribution >= 0.6 is 11.6 Å². The van der Waals surface area contributed by atoms with Crippen LogP contribution in [-0.2, 0) is 19.6 Å². The van der Waals surface area contributed by atoms with E-state index in [1.807, 2.05) is 0 Å². The van der Waals surface area contributed by atoms with E-state index in [1.165, 1.54) is 22.5 Å². The summed E-state index contributed by atoms with van der Waals surface area (Å²) in [7, 11) is -3.86. The van der Waals surface area contributed by atoms with Crippen molar-refractivity contribution in [3.8, 4) is 5.75 Å². The number of fused-ring (bicyclic) bond motifs is 1. The highest BCUT2D eigenvalue weighted by atomic mass is 35.5. The quantitative estimate of drug-likeness (QED) is 0.679. The van der Waals surface area contributed by atoms with Crippen molar-refractivity contribution < 1.29 is 27.5 Å². The average molecular weight is 480 g/mol. The van der Waals surface area contributed by atoms with Crippen LogP contribution in [0.15, 0.2) is 41.3 Å². The molecule has 2 aliphatic rings. The maximum absolute atomic E-state index is 13.0. The summed E-state index contributed by atoms with van der Waals surface area (Å²) < 4.78 is 37.9. The Labute approximate surface area is 190 Å². The summed E-state index contributed by atoms with van der Waals surface area (Å²) in [6.07, 6.45) is 0. The molecule has 0 aliphatic carbocycles. The van der Waals surface area contributed by atoms with Gasteiger partial charge in [0.25, 0.3) is 11.8 Å². The molecule has 2 amide bonds. The van der Waals surface area contributed by atoms with Gasteiger partial charge in [-0.15, -0.1) is 0 Å².